The Hall–Kier alpha value is -1.04. The summed E-state index contributed by atoms with van der Waals surface area (Å²) in [6.07, 6.45) is 17.1. The predicted molar refractivity (Wildman–Crippen MR) is 50.3 cm³/mol. The van der Waals surface area contributed by atoms with Crippen LogP contribution in [0.25, 0.3) is 0 Å². The summed E-state index contributed by atoms with van der Waals surface area (Å²) < 4.78 is 0. The van der Waals surface area contributed by atoms with E-state index in [0.29, 0.717) is 5.92 Å². The molecule has 0 spiro atoms. The van der Waals surface area contributed by atoms with Crippen molar-refractivity contribution in [3.63, 3.8) is 0 Å². The average molecular weight is 146 g/mol. The molecule has 1 aliphatic rings. The van der Waals surface area contributed by atoms with Crippen LogP contribution >= 0.6 is 0 Å². The first-order valence-corrected chi connectivity index (χ1v) is 4.04. The zero-order chi connectivity index (χ0) is 7.94. The Morgan fingerprint density at radius 1 is 1.27 bits per heavy atom. The zero-order valence-electron chi connectivity index (χ0n) is 6.74. The molecule has 0 heteroatoms. The molecule has 0 aromatic heterocycles. The lowest BCUT2D eigenvalue weighted by Gasteiger charge is -1.99. The van der Waals surface area contributed by atoms with E-state index in [4.69, 9.17) is 0 Å². The van der Waals surface area contributed by atoms with E-state index in [1.54, 1.807) is 0 Å². The molecule has 0 bridgehead atoms. The van der Waals surface area contributed by atoms with Gasteiger partial charge >= 0.3 is 0 Å². The molecule has 0 aromatic carbocycles. The molecule has 0 aliphatic heterocycles. The van der Waals surface area contributed by atoms with Gasteiger partial charge in [0.15, 0.2) is 0 Å². The van der Waals surface area contributed by atoms with E-state index in [2.05, 4.69) is 37.0 Å². The summed E-state index contributed by atoms with van der Waals surface area (Å²) in [5.74, 6) is 0.576. The van der Waals surface area contributed by atoms with Crippen LogP contribution in [0.2, 0.25) is 0 Å². The molecule has 1 rings (SSSR count). The van der Waals surface area contributed by atoms with Crippen LogP contribution < -0.4 is 0 Å². The Balaban J connectivity index is 2.50. The van der Waals surface area contributed by atoms with Crippen molar-refractivity contribution in [3.05, 3.63) is 49.1 Å². The van der Waals surface area contributed by atoms with Crippen molar-refractivity contribution in [2.24, 2.45) is 5.92 Å². The van der Waals surface area contributed by atoms with Crippen LogP contribution in [-0.4, -0.2) is 0 Å². The third-order valence-electron chi connectivity index (χ3n) is 1.72. The molecule has 1 aliphatic carbocycles. The lowest BCUT2D eigenvalue weighted by Crippen LogP contribution is -1.86. The third kappa shape index (κ3) is 3.03. The third-order valence-corrected chi connectivity index (χ3v) is 1.72. The van der Waals surface area contributed by atoms with Crippen molar-refractivity contribution in [1.29, 1.82) is 0 Å². The Kier molecular flexibility index (Phi) is 3.46. The summed E-state index contributed by atoms with van der Waals surface area (Å²) in [7, 11) is 0. The Bertz CT molecular complexity index is 194. The fourth-order valence-electron chi connectivity index (χ4n) is 1.12. The van der Waals surface area contributed by atoms with Gasteiger partial charge in [-0.1, -0.05) is 49.1 Å². The van der Waals surface area contributed by atoms with Gasteiger partial charge in [0.1, 0.15) is 0 Å². The molecular formula is C11H14. The summed E-state index contributed by atoms with van der Waals surface area (Å²) in [5.41, 5.74) is 0. The number of hydrogen-bond donors (Lipinski definition) is 0. The van der Waals surface area contributed by atoms with Gasteiger partial charge in [-0.05, 0) is 18.8 Å². The molecule has 0 N–H and O–H groups in total. The molecule has 0 saturated carbocycles. The van der Waals surface area contributed by atoms with E-state index in [1.165, 1.54) is 0 Å². The highest BCUT2D eigenvalue weighted by atomic mass is 14.0. The van der Waals surface area contributed by atoms with E-state index >= 15 is 0 Å². The van der Waals surface area contributed by atoms with Crippen LogP contribution in [0, 0.1) is 5.92 Å². The number of allylic oxidation sites excluding steroid dienone is 7. The Morgan fingerprint density at radius 2 is 2.18 bits per heavy atom. The fraction of sp³-hybridized carbons (Fsp3) is 0.273. The molecular weight excluding hydrogens is 132 g/mol. The van der Waals surface area contributed by atoms with Gasteiger partial charge in [0.25, 0.3) is 0 Å². The molecule has 1 atom stereocenters. The molecule has 0 heterocycles. The quantitative estimate of drug-likeness (QED) is 0.414. The van der Waals surface area contributed by atoms with Crippen molar-refractivity contribution < 1.29 is 0 Å². The van der Waals surface area contributed by atoms with Crippen LogP contribution in [0.4, 0.5) is 0 Å². The Labute approximate surface area is 68.6 Å². The van der Waals surface area contributed by atoms with Gasteiger partial charge < -0.3 is 0 Å². The van der Waals surface area contributed by atoms with Crippen molar-refractivity contribution in [2.75, 3.05) is 0 Å². The van der Waals surface area contributed by atoms with Crippen molar-refractivity contribution in [1.82, 2.24) is 0 Å². The van der Waals surface area contributed by atoms with Gasteiger partial charge in [-0.2, -0.15) is 0 Å². The Morgan fingerprint density at radius 3 is 3.00 bits per heavy atom. The minimum absolute atomic E-state index is 0.576. The lowest BCUT2D eigenvalue weighted by molar-refractivity contribution is 0.836. The highest BCUT2D eigenvalue weighted by molar-refractivity contribution is 5.11. The van der Waals surface area contributed by atoms with E-state index in [-0.39, 0.29) is 0 Å². The van der Waals surface area contributed by atoms with Crippen molar-refractivity contribution >= 4 is 0 Å². The molecule has 0 fully saturated rings. The van der Waals surface area contributed by atoms with Gasteiger partial charge in [-0.3, -0.25) is 0 Å². The van der Waals surface area contributed by atoms with Gasteiger partial charge in [0.2, 0.25) is 0 Å². The minimum atomic E-state index is 0.576. The van der Waals surface area contributed by atoms with Crippen LogP contribution in [0.3, 0.4) is 0 Å². The highest BCUT2D eigenvalue weighted by Crippen LogP contribution is 2.12. The number of rotatable bonds is 2. The van der Waals surface area contributed by atoms with Crippen LogP contribution in [-0.2, 0) is 0 Å². The number of hydrogen-bond acceptors (Lipinski definition) is 0. The summed E-state index contributed by atoms with van der Waals surface area (Å²) >= 11 is 0. The van der Waals surface area contributed by atoms with Crippen LogP contribution in [0.5, 0.6) is 0 Å². The fourth-order valence-corrected chi connectivity index (χ4v) is 1.12. The monoisotopic (exact) mass is 146 g/mol. The highest BCUT2D eigenvalue weighted by Gasteiger charge is 1.97. The van der Waals surface area contributed by atoms with Crippen LogP contribution in [0.1, 0.15) is 12.8 Å². The largest absolute Gasteiger partial charge is 0.0991 e. The summed E-state index contributed by atoms with van der Waals surface area (Å²) in [6.45, 7) is 3.64. The van der Waals surface area contributed by atoms with Crippen LogP contribution in [0.15, 0.2) is 49.1 Å². The molecule has 0 nitrogen and oxygen atoms in total. The smallest absolute Gasteiger partial charge is 0.00157 e. The van der Waals surface area contributed by atoms with Gasteiger partial charge in [0, 0.05) is 0 Å². The summed E-state index contributed by atoms with van der Waals surface area (Å²) in [5, 5.41) is 0. The van der Waals surface area contributed by atoms with Gasteiger partial charge in [-0.25, -0.2) is 0 Å². The SMILES string of the molecule is C=C/C=C/C1C=CCC=CC1. The zero-order valence-corrected chi connectivity index (χ0v) is 6.74. The second kappa shape index (κ2) is 4.73. The first kappa shape index (κ1) is 8.06. The van der Waals surface area contributed by atoms with E-state index in [1.807, 2.05) is 12.2 Å². The van der Waals surface area contributed by atoms with Crippen molar-refractivity contribution in [3.8, 4) is 0 Å². The van der Waals surface area contributed by atoms with Gasteiger partial charge in [-0.15, -0.1) is 0 Å². The lowest BCUT2D eigenvalue weighted by atomic mass is 10.1. The maximum Gasteiger partial charge on any atom is -0.00157 e. The summed E-state index contributed by atoms with van der Waals surface area (Å²) in [6, 6.07) is 0. The van der Waals surface area contributed by atoms with Crippen molar-refractivity contribution in [2.45, 2.75) is 12.8 Å². The van der Waals surface area contributed by atoms with E-state index < -0.39 is 0 Å². The van der Waals surface area contributed by atoms with E-state index in [0.717, 1.165) is 12.8 Å². The molecule has 0 amide bonds. The minimum Gasteiger partial charge on any atom is -0.0991 e. The summed E-state index contributed by atoms with van der Waals surface area (Å²) in [4.78, 5) is 0. The molecule has 0 saturated heterocycles. The topological polar surface area (TPSA) is 0 Å². The van der Waals surface area contributed by atoms with E-state index in [9.17, 15) is 0 Å². The normalized spacial score (nSPS) is 23.8. The first-order chi connectivity index (χ1) is 5.43. The second-order valence-electron chi connectivity index (χ2n) is 2.66. The molecule has 1 unspecified atom stereocenters. The molecule has 58 valence electrons. The molecule has 0 radical (unpaired) electrons. The molecule has 0 aromatic rings. The predicted octanol–water partition coefficient (Wildman–Crippen LogP) is 3.25. The standard InChI is InChI=1S/C11H14/c1-2-3-8-11-9-6-4-5-7-10-11/h2-4,6-8,10-11H,1,5,9H2/b8-3+. The maximum absolute atomic E-state index is 3.64. The maximum atomic E-state index is 3.64. The second-order valence-corrected chi connectivity index (χ2v) is 2.66. The first-order valence-electron chi connectivity index (χ1n) is 4.04. The average Bonchev–Trinajstić information content (AvgIpc) is 2.28. The molecule has 11 heavy (non-hydrogen) atoms. The van der Waals surface area contributed by atoms with Gasteiger partial charge in [0.05, 0.1) is 0 Å².